The van der Waals surface area contributed by atoms with Gasteiger partial charge >= 0.3 is 0 Å². The van der Waals surface area contributed by atoms with Gasteiger partial charge in [0, 0.05) is 12.5 Å². The van der Waals surface area contributed by atoms with Crippen LogP contribution in [-0.4, -0.2) is 34.6 Å². The molecule has 3 atom stereocenters. The normalized spacial score (nSPS) is 24.5. The number of hydrogen-bond donors (Lipinski definition) is 1. The molecule has 17 heavy (non-hydrogen) atoms. The molecule has 1 aliphatic heterocycles. The van der Waals surface area contributed by atoms with Gasteiger partial charge in [-0.05, 0) is 19.3 Å². The van der Waals surface area contributed by atoms with Crippen molar-refractivity contribution in [2.24, 2.45) is 0 Å². The van der Waals surface area contributed by atoms with E-state index in [-0.39, 0.29) is 11.8 Å². The molecule has 5 nitrogen and oxygen atoms in total. The number of aromatic nitrogens is 2. The SMILES string of the molecule is CCC(O)C(C)c1nc(C2CCCOC2)no1. The average molecular weight is 240 g/mol. The maximum atomic E-state index is 9.75. The number of ether oxygens (including phenoxy) is 1. The van der Waals surface area contributed by atoms with Crippen molar-refractivity contribution in [2.75, 3.05) is 13.2 Å². The number of aliphatic hydroxyl groups excluding tert-OH is 1. The van der Waals surface area contributed by atoms with Crippen LogP contribution in [0.5, 0.6) is 0 Å². The van der Waals surface area contributed by atoms with Gasteiger partial charge in [-0.1, -0.05) is 19.0 Å². The monoisotopic (exact) mass is 240 g/mol. The molecule has 3 unspecified atom stereocenters. The van der Waals surface area contributed by atoms with Gasteiger partial charge in [0.2, 0.25) is 5.89 Å². The Kier molecular flexibility index (Phi) is 4.12. The fourth-order valence-electron chi connectivity index (χ4n) is 2.06. The Balaban J connectivity index is 2.04. The molecule has 2 heterocycles. The molecule has 96 valence electrons. The molecule has 0 bridgehead atoms. The van der Waals surface area contributed by atoms with Crippen LogP contribution >= 0.6 is 0 Å². The van der Waals surface area contributed by atoms with E-state index in [9.17, 15) is 5.11 Å². The van der Waals surface area contributed by atoms with Crippen molar-refractivity contribution in [3.8, 4) is 0 Å². The second kappa shape index (κ2) is 5.60. The highest BCUT2D eigenvalue weighted by atomic mass is 16.5. The Bertz CT molecular complexity index is 331. The van der Waals surface area contributed by atoms with E-state index >= 15 is 0 Å². The fraction of sp³-hybridized carbons (Fsp3) is 0.833. The summed E-state index contributed by atoms with van der Waals surface area (Å²) in [5.41, 5.74) is 0. The lowest BCUT2D eigenvalue weighted by Crippen LogP contribution is -2.17. The van der Waals surface area contributed by atoms with Crippen LogP contribution in [0.2, 0.25) is 0 Å². The molecule has 1 saturated heterocycles. The molecular weight excluding hydrogens is 220 g/mol. The molecular formula is C12H20N2O3. The zero-order chi connectivity index (χ0) is 12.3. The van der Waals surface area contributed by atoms with Crippen LogP contribution in [0, 0.1) is 0 Å². The zero-order valence-corrected chi connectivity index (χ0v) is 10.4. The predicted molar refractivity (Wildman–Crippen MR) is 61.8 cm³/mol. The number of rotatable bonds is 4. The zero-order valence-electron chi connectivity index (χ0n) is 10.4. The van der Waals surface area contributed by atoms with Crippen molar-refractivity contribution < 1.29 is 14.4 Å². The van der Waals surface area contributed by atoms with Crippen LogP contribution in [0.1, 0.15) is 56.7 Å². The molecule has 0 amide bonds. The molecule has 1 aliphatic rings. The fourth-order valence-corrected chi connectivity index (χ4v) is 2.06. The number of nitrogens with zero attached hydrogens (tertiary/aromatic N) is 2. The van der Waals surface area contributed by atoms with Crippen molar-refractivity contribution in [2.45, 2.75) is 51.0 Å². The summed E-state index contributed by atoms with van der Waals surface area (Å²) in [6.07, 6.45) is 2.35. The molecule has 2 rings (SSSR count). The molecule has 0 spiro atoms. The Morgan fingerprint density at radius 3 is 3.00 bits per heavy atom. The highest BCUT2D eigenvalue weighted by molar-refractivity contribution is 5.00. The molecule has 0 aliphatic carbocycles. The van der Waals surface area contributed by atoms with Gasteiger partial charge in [0.25, 0.3) is 0 Å². The minimum Gasteiger partial charge on any atom is -0.392 e. The van der Waals surface area contributed by atoms with Crippen molar-refractivity contribution in [3.05, 3.63) is 11.7 Å². The minimum atomic E-state index is -0.425. The first kappa shape index (κ1) is 12.5. The second-order valence-corrected chi connectivity index (χ2v) is 4.67. The summed E-state index contributed by atoms with van der Waals surface area (Å²) in [6.45, 7) is 5.34. The van der Waals surface area contributed by atoms with Gasteiger partial charge in [-0.2, -0.15) is 4.98 Å². The summed E-state index contributed by atoms with van der Waals surface area (Å²) in [6, 6.07) is 0. The third kappa shape index (κ3) is 2.84. The highest BCUT2D eigenvalue weighted by Crippen LogP contribution is 2.26. The van der Waals surface area contributed by atoms with Crippen LogP contribution in [0.3, 0.4) is 0 Å². The van der Waals surface area contributed by atoms with Crippen molar-refractivity contribution in [1.29, 1.82) is 0 Å². The van der Waals surface area contributed by atoms with Crippen LogP contribution < -0.4 is 0 Å². The molecule has 5 heteroatoms. The van der Waals surface area contributed by atoms with Gasteiger partial charge in [0.1, 0.15) is 0 Å². The number of hydrogen-bond acceptors (Lipinski definition) is 5. The topological polar surface area (TPSA) is 68.4 Å². The first-order valence-electron chi connectivity index (χ1n) is 6.31. The smallest absolute Gasteiger partial charge is 0.232 e. The van der Waals surface area contributed by atoms with Gasteiger partial charge < -0.3 is 14.4 Å². The van der Waals surface area contributed by atoms with E-state index in [0.29, 0.717) is 18.9 Å². The van der Waals surface area contributed by atoms with Crippen LogP contribution in [0.25, 0.3) is 0 Å². The van der Waals surface area contributed by atoms with E-state index in [1.807, 2.05) is 13.8 Å². The summed E-state index contributed by atoms with van der Waals surface area (Å²) < 4.78 is 10.6. The lowest BCUT2D eigenvalue weighted by atomic mass is 10.0. The van der Waals surface area contributed by atoms with Gasteiger partial charge in [0.05, 0.1) is 18.6 Å². The Hall–Kier alpha value is -0.940. The molecule has 1 aromatic rings. The van der Waals surface area contributed by atoms with Gasteiger partial charge in [0.15, 0.2) is 5.82 Å². The third-order valence-electron chi connectivity index (χ3n) is 3.37. The van der Waals surface area contributed by atoms with Crippen molar-refractivity contribution >= 4 is 0 Å². The lowest BCUT2D eigenvalue weighted by Gasteiger charge is -2.18. The van der Waals surface area contributed by atoms with Gasteiger partial charge in [-0.15, -0.1) is 0 Å². The lowest BCUT2D eigenvalue weighted by molar-refractivity contribution is 0.0773. The Labute approximate surface area is 101 Å². The molecule has 1 aromatic heterocycles. The maximum absolute atomic E-state index is 9.75. The van der Waals surface area contributed by atoms with E-state index in [0.717, 1.165) is 25.3 Å². The van der Waals surface area contributed by atoms with Crippen molar-refractivity contribution in [3.63, 3.8) is 0 Å². The highest BCUT2D eigenvalue weighted by Gasteiger charge is 2.25. The summed E-state index contributed by atoms with van der Waals surface area (Å²) in [4.78, 5) is 4.39. The largest absolute Gasteiger partial charge is 0.392 e. The summed E-state index contributed by atoms with van der Waals surface area (Å²) in [5, 5.41) is 13.7. The summed E-state index contributed by atoms with van der Waals surface area (Å²) in [7, 11) is 0. The molecule has 0 saturated carbocycles. The Morgan fingerprint density at radius 1 is 1.53 bits per heavy atom. The van der Waals surface area contributed by atoms with Crippen LogP contribution in [-0.2, 0) is 4.74 Å². The average Bonchev–Trinajstić information content (AvgIpc) is 2.87. The predicted octanol–water partition coefficient (Wildman–Crippen LogP) is 1.84. The minimum absolute atomic E-state index is 0.106. The summed E-state index contributed by atoms with van der Waals surface area (Å²) in [5.74, 6) is 1.38. The van der Waals surface area contributed by atoms with Crippen molar-refractivity contribution in [1.82, 2.24) is 10.1 Å². The molecule has 0 radical (unpaired) electrons. The number of aliphatic hydroxyl groups is 1. The van der Waals surface area contributed by atoms with E-state index in [4.69, 9.17) is 9.26 Å². The maximum Gasteiger partial charge on any atom is 0.232 e. The van der Waals surface area contributed by atoms with Crippen LogP contribution in [0.15, 0.2) is 4.52 Å². The first-order chi connectivity index (χ1) is 8.22. The molecule has 0 aromatic carbocycles. The quantitative estimate of drug-likeness (QED) is 0.869. The first-order valence-corrected chi connectivity index (χ1v) is 6.31. The standard InChI is InChI=1S/C12H20N2O3/c1-3-10(15)8(2)12-13-11(14-17-12)9-5-4-6-16-7-9/h8-10,15H,3-7H2,1-2H3. The van der Waals surface area contributed by atoms with E-state index < -0.39 is 6.10 Å². The molecule has 1 N–H and O–H groups in total. The second-order valence-electron chi connectivity index (χ2n) is 4.67. The van der Waals surface area contributed by atoms with Gasteiger partial charge in [-0.25, -0.2) is 0 Å². The van der Waals surface area contributed by atoms with E-state index in [1.165, 1.54) is 0 Å². The summed E-state index contributed by atoms with van der Waals surface area (Å²) >= 11 is 0. The van der Waals surface area contributed by atoms with E-state index in [2.05, 4.69) is 10.1 Å². The van der Waals surface area contributed by atoms with Gasteiger partial charge in [-0.3, -0.25) is 0 Å². The third-order valence-corrected chi connectivity index (χ3v) is 3.37. The van der Waals surface area contributed by atoms with E-state index in [1.54, 1.807) is 0 Å². The Morgan fingerprint density at radius 2 is 2.35 bits per heavy atom. The molecule has 1 fully saturated rings. The van der Waals surface area contributed by atoms with Crippen LogP contribution in [0.4, 0.5) is 0 Å².